The molecule has 1 N–H and O–H groups in total. The van der Waals surface area contributed by atoms with Gasteiger partial charge < -0.3 is 9.63 Å². The Bertz CT molecular complexity index is 219. The quantitative estimate of drug-likeness (QED) is 0.298. The lowest BCUT2D eigenvalue weighted by Crippen LogP contribution is -2.20. The summed E-state index contributed by atoms with van der Waals surface area (Å²) in [7, 11) is 0. The van der Waals surface area contributed by atoms with Crippen molar-refractivity contribution in [2.45, 2.75) is 77.6 Å². The number of carbonyl (C=O) groups excluding carboxylic acids is 2. The van der Waals surface area contributed by atoms with Gasteiger partial charge in [-0.3, -0.25) is 4.79 Å². The van der Waals surface area contributed by atoms with Crippen molar-refractivity contribution >= 4 is 12.3 Å². The predicted molar refractivity (Wildman–Crippen MR) is 76.6 cm³/mol. The Hall–Kier alpha value is -0.900. The van der Waals surface area contributed by atoms with Crippen LogP contribution in [0.1, 0.15) is 77.6 Å². The van der Waals surface area contributed by atoms with Gasteiger partial charge in [0.2, 0.25) is 0 Å². The lowest BCUT2D eigenvalue weighted by Gasteiger charge is -2.05. The van der Waals surface area contributed by atoms with Crippen LogP contribution in [-0.2, 0) is 14.4 Å². The second-order valence-corrected chi connectivity index (χ2v) is 4.90. The fourth-order valence-corrected chi connectivity index (χ4v) is 1.83. The standard InChI is InChI=1S/C15H29NO3/c1-2-3-4-5-6-7-10-13-16-19-15(18)12-9-8-11-14-17/h14,16H,2-13H2,1H3. The molecule has 0 heterocycles. The third-order valence-electron chi connectivity index (χ3n) is 3.02. The van der Waals surface area contributed by atoms with Crippen molar-refractivity contribution in [3.8, 4) is 0 Å². The fraction of sp³-hybridized carbons (Fsp3) is 0.867. The molecule has 0 bridgehead atoms. The summed E-state index contributed by atoms with van der Waals surface area (Å²) in [6, 6.07) is 0. The highest BCUT2D eigenvalue weighted by Crippen LogP contribution is 2.06. The van der Waals surface area contributed by atoms with E-state index in [-0.39, 0.29) is 5.97 Å². The molecule has 0 aromatic carbocycles. The van der Waals surface area contributed by atoms with E-state index in [0.717, 1.165) is 32.1 Å². The molecule has 0 unspecified atom stereocenters. The first-order valence-corrected chi connectivity index (χ1v) is 7.67. The van der Waals surface area contributed by atoms with Crippen LogP contribution in [0.5, 0.6) is 0 Å². The summed E-state index contributed by atoms with van der Waals surface area (Å²) in [5.41, 5.74) is 2.71. The van der Waals surface area contributed by atoms with Gasteiger partial charge in [0.15, 0.2) is 0 Å². The van der Waals surface area contributed by atoms with Crippen molar-refractivity contribution in [3.63, 3.8) is 0 Å². The molecule has 0 radical (unpaired) electrons. The van der Waals surface area contributed by atoms with Crippen molar-refractivity contribution in [1.82, 2.24) is 5.48 Å². The molecule has 0 aromatic heterocycles. The summed E-state index contributed by atoms with van der Waals surface area (Å²) in [5.74, 6) is -0.228. The van der Waals surface area contributed by atoms with E-state index in [1.165, 1.54) is 38.5 Å². The van der Waals surface area contributed by atoms with Crippen LogP contribution in [0.25, 0.3) is 0 Å². The van der Waals surface area contributed by atoms with Gasteiger partial charge in [0.05, 0.1) is 0 Å². The SMILES string of the molecule is CCCCCCCCCNOC(=O)CCCCC=O. The van der Waals surface area contributed by atoms with Gasteiger partial charge in [-0.05, 0) is 19.3 Å². The fourth-order valence-electron chi connectivity index (χ4n) is 1.83. The zero-order chi connectivity index (χ0) is 14.2. The molecule has 0 atom stereocenters. The van der Waals surface area contributed by atoms with E-state index in [1.54, 1.807) is 0 Å². The highest BCUT2D eigenvalue weighted by Gasteiger charge is 2.01. The molecule has 0 fully saturated rings. The Balaban J connectivity index is 3.12. The van der Waals surface area contributed by atoms with Gasteiger partial charge in [-0.25, -0.2) is 0 Å². The number of hydroxylamine groups is 1. The van der Waals surface area contributed by atoms with Gasteiger partial charge in [0.1, 0.15) is 6.29 Å². The van der Waals surface area contributed by atoms with Gasteiger partial charge in [0.25, 0.3) is 0 Å². The van der Waals surface area contributed by atoms with Crippen LogP contribution in [0.4, 0.5) is 0 Å². The Morgan fingerprint density at radius 2 is 1.68 bits per heavy atom. The Morgan fingerprint density at radius 1 is 1.00 bits per heavy atom. The van der Waals surface area contributed by atoms with Crippen LogP contribution in [0.2, 0.25) is 0 Å². The largest absolute Gasteiger partial charge is 0.371 e. The van der Waals surface area contributed by atoms with Gasteiger partial charge in [-0.15, -0.1) is 0 Å². The van der Waals surface area contributed by atoms with Crippen molar-refractivity contribution < 1.29 is 14.4 Å². The minimum Gasteiger partial charge on any atom is -0.371 e. The lowest BCUT2D eigenvalue weighted by atomic mass is 10.1. The minimum absolute atomic E-state index is 0.228. The molecular weight excluding hydrogens is 242 g/mol. The molecule has 0 saturated carbocycles. The van der Waals surface area contributed by atoms with Crippen molar-refractivity contribution in [3.05, 3.63) is 0 Å². The number of unbranched alkanes of at least 4 members (excludes halogenated alkanes) is 8. The van der Waals surface area contributed by atoms with E-state index >= 15 is 0 Å². The molecule has 112 valence electrons. The molecule has 19 heavy (non-hydrogen) atoms. The Morgan fingerprint density at radius 3 is 2.37 bits per heavy atom. The molecule has 0 aliphatic heterocycles. The molecule has 0 aliphatic carbocycles. The van der Waals surface area contributed by atoms with Crippen molar-refractivity contribution in [2.24, 2.45) is 0 Å². The number of rotatable bonds is 14. The van der Waals surface area contributed by atoms with E-state index in [2.05, 4.69) is 12.4 Å². The molecule has 0 saturated heterocycles. The number of hydrogen-bond acceptors (Lipinski definition) is 4. The average Bonchev–Trinajstić information content (AvgIpc) is 2.42. The maximum Gasteiger partial charge on any atom is 0.324 e. The van der Waals surface area contributed by atoms with Crippen molar-refractivity contribution in [1.29, 1.82) is 0 Å². The number of nitrogens with one attached hydrogen (secondary N) is 1. The first-order valence-electron chi connectivity index (χ1n) is 7.67. The first-order chi connectivity index (χ1) is 9.31. The van der Waals surface area contributed by atoms with E-state index < -0.39 is 0 Å². The summed E-state index contributed by atoms with van der Waals surface area (Å²) in [4.78, 5) is 26.2. The summed E-state index contributed by atoms with van der Waals surface area (Å²) in [5, 5.41) is 0. The molecule has 0 amide bonds. The summed E-state index contributed by atoms with van der Waals surface area (Å²) >= 11 is 0. The number of carbonyl (C=O) groups is 2. The third-order valence-corrected chi connectivity index (χ3v) is 3.02. The van der Waals surface area contributed by atoms with Crippen LogP contribution in [0.15, 0.2) is 0 Å². The van der Waals surface area contributed by atoms with E-state index in [0.29, 0.717) is 12.8 Å². The second kappa shape index (κ2) is 15.2. The smallest absolute Gasteiger partial charge is 0.324 e. The van der Waals surface area contributed by atoms with Crippen LogP contribution in [0.3, 0.4) is 0 Å². The number of aldehydes is 1. The Kier molecular flexibility index (Phi) is 14.4. The highest BCUT2D eigenvalue weighted by molar-refractivity contribution is 5.68. The molecule has 0 rings (SSSR count). The predicted octanol–water partition coefficient (Wildman–Crippen LogP) is 3.54. The van der Waals surface area contributed by atoms with Crippen LogP contribution in [-0.4, -0.2) is 18.8 Å². The second-order valence-electron chi connectivity index (χ2n) is 4.90. The van der Waals surface area contributed by atoms with Gasteiger partial charge in [-0.1, -0.05) is 45.4 Å². The zero-order valence-electron chi connectivity index (χ0n) is 12.3. The van der Waals surface area contributed by atoms with Gasteiger partial charge in [-0.2, -0.15) is 5.48 Å². The molecule has 0 spiro atoms. The average molecular weight is 271 g/mol. The van der Waals surface area contributed by atoms with Gasteiger partial charge >= 0.3 is 5.97 Å². The van der Waals surface area contributed by atoms with Crippen LogP contribution >= 0.6 is 0 Å². The number of hydrogen-bond donors (Lipinski definition) is 1. The zero-order valence-corrected chi connectivity index (χ0v) is 12.3. The monoisotopic (exact) mass is 271 g/mol. The normalized spacial score (nSPS) is 10.4. The molecule has 4 nitrogen and oxygen atoms in total. The Labute approximate surface area is 117 Å². The molecule has 4 heteroatoms. The van der Waals surface area contributed by atoms with Crippen LogP contribution in [0, 0.1) is 0 Å². The van der Waals surface area contributed by atoms with Crippen LogP contribution < -0.4 is 5.48 Å². The van der Waals surface area contributed by atoms with Gasteiger partial charge in [0, 0.05) is 19.4 Å². The third kappa shape index (κ3) is 15.0. The van der Waals surface area contributed by atoms with E-state index in [9.17, 15) is 9.59 Å². The molecular formula is C15H29NO3. The summed E-state index contributed by atoms with van der Waals surface area (Å²) in [6.45, 7) is 2.95. The summed E-state index contributed by atoms with van der Waals surface area (Å²) in [6.07, 6.45) is 12.0. The molecule has 0 aliphatic rings. The van der Waals surface area contributed by atoms with E-state index in [1.807, 2.05) is 0 Å². The summed E-state index contributed by atoms with van der Waals surface area (Å²) < 4.78 is 0. The topological polar surface area (TPSA) is 55.4 Å². The first kappa shape index (κ1) is 18.1. The lowest BCUT2D eigenvalue weighted by molar-refractivity contribution is -0.151. The van der Waals surface area contributed by atoms with Crippen molar-refractivity contribution in [2.75, 3.05) is 6.54 Å². The highest BCUT2D eigenvalue weighted by atomic mass is 16.7. The molecule has 0 aromatic rings. The maximum atomic E-state index is 11.2. The maximum absolute atomic E-state index is 11.2. The van der Waals surface area contributed by atoms with E-state index in [4.69, 9.17) is 4.84 Å². The minimum atomic E-state index is -0.228.